The van der Waals surface area contributed by atoms with Crippen LogP contribution in [0.2, 0.25) is 0 Å². The second-order valence-electron chi connectivity index (χ2n) is 3.34. The molecule has 0 radical (unpaired) electrons. The molecule has 0 aromatic heterocycles. The van der Waals surface area contributed by atoms with E-state index in [0.29, 0.717) is 0 Å². The van der Waals surface area contributed by atoms with Gasteiger partial charge in [0, 0.05) is 0 Å². The Kier molecular flexibility index (Phi) is 8.44. The van der Waals surface area contributed by atoms with Crippen LogP contribution in [0.25, 0.3) is 0 Å². The average Bonchev–Trinajstić information content (AvgIpc) is 2.36. The molecule has 0 amide bonds. The van der Waals surface area contributed by atoms with Crippen LogP contribution in [0, 0.1) is 5.92 Å². The number of ether oxygens (including phenoxy) is 1. The summed E-state index contributed by atoms with van der Waals surface area (Å²) in [6.07, 6.45) is 11.7. The van der Waals surface area contributed by atoms with Crippen LogP contribution in [0.15, 0.2) is 54.3 Å². The minimum atomic E-state index is -0.413. The van der Waals surface area contributed by atoms with Crippen molar-refractivity contribution in [2.75, 3.05) is 7.11 Å². The van der Waals surface area contributed by atoms with Gasteiger partial charge >= 0.3 is 5.97 Å². The first kappa shape index (κ1) is 15.2. The second-order valence-corrected chi connectivity index (χ2v) is 3.34. The molecule has 1 unspecified atom stereocenters. The van der Waals surface area contributed by atoms with Crippen molar-refractivity contribution in [2.24, 2.45) is 5.92 Å². The number of hydrogen-bond acceptors (Lipinski definition) is 2. The zero-order chi connectivity index (χ0) is 13.1. The van der Waals surface area contributed by atoms with Crippen molar-refractivity contribution in [1.82, 2.24) is 0 Å². The van der Waals surface area contributed by atoms with E-state index < -0.39 is 5.92 Å². The molecular weight excluding hydrogens is 212 g/mol. The number of carbonyl (C=O) groups excluding carboxylic acids is 1. The zero-order valence-electron chi connectivity index (χ0n) is 10.8. The number of carbonyl (C=O) groups is 1. The Morgan fingerprint density at radius 3 is 2.71 bits per heavy atom. The summed E-state index contributed by atoms with van der Waals surface area (Å²) in [6.45, 7) is 7.50. The fourth-order valence-electron chi connectivity index (χ4n) is 1.28. The third-order valence-corrected chi connectivity index (χ3v) is 2.17. The van der Waals surface area contributed by atoms with Crippen molar-refractivity contribution in [1.29, 1.82) is 0 Å². The highest BCUT2D eigenvalue weighted by atomic mass is 16.5. The third kappa shape index (κ3) is 5.74. The van der Waals surface area contributed by atoms with Gasteiger partial charge in [-0.3, -0.25) is 4.79 Å². The molecule has 0 bridgehead atoms. The molecule has 2 nitrogen and oxygen atoms in total. The van der Waals surface area contributed by atoms with Gasteiger partial charge in [0.25, 0.3) is 0 Å². The Morgan fingerprint density at radius 2 is 2.24 bits per heavy atom. The minimum absolute atomic E-state index is 0.288. The lowest BCUT2D eigenvalue weighted by atomic mass is 9.98. The van der Waals surface area contributed by atoms with Gasteiger partial charge in [-0.1, -0.05) is 37.8 Å². The molecule has 0 saturated carbocycles. The molecular formula is C15H20O2. The van der Waals surface area contributed by atoms with Crippen LogP contribution >= 0.6 is 0 Å². The molecule has 0 aromatic carbocycles. The summed E-state index contributed by atoms with van der Waals surface area (Å²) >= 11 is 0. The van der Waals surface area contributed by atoms with Crippen molar-refractivity contribution in [2.45, 2.75) is 20.3 Å². The zero-order valence-corrected chi connectivity index (χ0v) is 10.8. The molecule has 92 valence electrons. The molecule has 0 saturated heterocycles. The highest BCUT2D eigenvalue weighted by molar-refractivity contribution is 5.78. The van der Waals surface area contributed by atoms with Crippen LogP contribution in [-0.2, 0) is 9.53 Å². The summed E-state index contributed by atoms with van der Waals surface area (Å²) in [4.78, 5) is 11.7. The van der Waals surface area contributed by atoms with E-state index in [4.69, 9.17) is 4.74 Å². The molecule has 0 aliphatic heterocycles. The lowest BCUT2D eigenvalue weighted by molar-refractivity contribution is -0.142. The van der Waals surface area contributed by atoms with Crippen LogP contribution in [-0.4, -0.2) is 13.1 Å². The molecule has 0 heterocycles. The molecule has 0 spiro atoms. The molecule has 1 atom stereocenters. The quantitative estimate of drug-likeness (QED) is 0.397. The lowest BCUT2D eigenvalue weighted by Gasteiger charge is -2.10. The summed E-state index contributed by atoms with van der Waals surface area (Å²) in [5.74, 6) is -0.701. The summed E-state index contributed by atoms with van der Waals surface area (Å²) in [6, 6.07) is 0. The van der Waals surface area contributed by atoms with Crippen LogP contribution in [0.5, 0.6) is 0 Å². The predicted octanol–water partition coefficient (Wildman–Crippen LogP) is 3.59. The summed E-state index contributed by atoms with van der Waals surface area (Å²) in [5.41, 5.74) is 3.80. The normalized spacial score (nSPS) is 12.8. The van der Waals surface area contributed by atoms with Crippen LogP contribution in [0.3, 0.4) is 0 Å². The summed E-state index contributed by atoms with van der Waals surface area (Å²) in [7, 11) is 1.39. The van der Waals surface area contributed by atoms with Gasteiger partial charge in [0.15, 0.2) is 0 Å². The van der Waals surface area contributed by atoms with E-state index in [1.807, 2.05) is 32.1 Å². The number of esters is 1. The Balaban J connectivity index is 5.15. The van der Waals surface area contributed by atoms with Gasteiger partial charge in [-0.2, -0.15) is 0 Å². The SMILES string of the molecule is C=CC=C=CC(C(=O)OC)C(/C=C\CC)=C/C. The van der Waals surface area contributed by atoms with E-state index in [2.05, 4.69) is 12.3 Å². The van der Waals surface area contributed by atoms with E-state index in [9.17, 15) is 4.79 Å². The van der Waals surface area contributed by atoms with Crippen LogP contribution < -0.4 is 0 Å². The first-order chi connectivity index (χ1) is 8.21. The maximum Gasteiger partial charge on any atom is 0.317 e. The van der Waals surface area contributed by atoms with E-state index in [1.54, 1.807) is 18.2 Å². The predicted molar refractivity (Wildman–Crippen MR) is 71.5 cm³/mol. The fraction of sp³-hybridized carbons (Fsp3) is 0.333. The van der Waals surface area contributed by atoms with E-state index in [-0.39, 0.29) is 5.97 Å². The average molecular weight is 232 g/mol. The molecule has 0 fully saturated rings. The Morgan fingerprint density at radius 1 is 1.53 bits per heavy atom. The van der Waals surface area contributed by atoms with E-state index in [1.165, 1.54) is 7.11 Å². The molecule has 0 N–H and O–H groups in total. The number of rotatable bonds is 6. The van der Waals surface area contributed by atoms with Gasteiger partial charge in [-0.25, -0.2) is 0 Å². The first-order valence-electron chi connectivity index (χ1n) is 5.65. The molecule has 0 aromatic rings. The van der Waals surface area contributed by atoms with Gasteiger partial charge in [0.2, 0.25) is 0 Å². The van der Waals surface area contributed by atoms with Gasteiger partial charge in [-0.05, 0) is 31.1 Å². The van der Waals surface area contributed by atoms with E-state index in [0.717, 1.165) is 12.0 Å². The highest BCUT2D eigenvalue weighted by Gasteiger charge is 2.18. The second kappa shape index (κ2) is 9.44. The molecule has 17 heavy (non-hydrogen) atoms. The van der Waals surface area contributed by atoms with Crippen LogP contribution in [0.4, 0.5) is 0 Å². The van der Waals surface area contributed by atoms with Crippen molar-refractivity contribution >= 4 is 5.97 Å². The van der Waals surface area contributed by atoms with Crippen molar-refractivity contribution in [3.63, 3.8) is 0 Å². The van der Waals surface area contributed by atoms with E-state index >= 15 is 0 Å². The molecule has 0 aliphatic rings. The fourth-order valence-corrected chi connectivity index (χ4v) is 1.28. The Bertz CT molecular complexity index is 366. The third-order valence-electron chi connectivity index (χ3n) is 2.17. The topological polar surface area (TPSA) is 26.3 Å². The van der Waals surface area contributed by atoms with Gasteiger partial charge < -0.3 is 4.74 Å². The van der Waals surface area contributed by atoms with Crippen molar-refractivity contribution in [3.8, 4) is 0 Å². The lowest BCUT2D eigenvalue weighted by Crippen LogP contribution is -2.15. The van der Waals surface area contributed by atoms with Gasteiger partial charge in [0.1, 0.15) is 5.92 Å². The number of hydrogen-bond donors (Lipinski definition) is 0. The van der Waals surface area contributed by atoms with Crippen LogP contribution in [0.1, 0.15) is 20.3 Å². The molecule has 0 aliphatic carbocycles. The van der Waals surface area contributed by atoms with Gasteiger partial charge in [0.05, 0.1) is 7.11 Å². The Hall–Kier alpha value is -1.79. The number of allylic oxidation sites excluding steroid dienone is 4. The summed E-state index contributed by atoms with van der Waals surface area (Å²) in [5, 5.41) is 0. The maximum absolute atomic E-state index is 11.7. The van der Waals surface area contributed by atoms with Crippen molar-refractivity contribution < 1.29 is 9.53 Å². The molecule has 0 rings (SSSR count). The largest absolute Gasteiger partial charge is 0.468 e. The Labute approximate surface area is 104 Å². The minimum Gasteiger partial charge on any atom is -0.468 e. The number of methoxy groups -OCH3 is 1. The maximum atomic E-state index is 11.7. The smallest absolute Gasteiger partial charge is 0.317 e. The highest BCUT2D eigenvalue weighted by Crippen LogP contribution is 2.16. The standard InChI is InChI=1S/C15H20O2/c1-5-8-10-12-14(15(16)17-4)13(7-3)11-9-6-2/h5,7-9,11-12,14H,1,6H2,2-4H3/b11-9-,13-7+. The first-order valence-corrected chi connectivity index (χ1v) is 5.65. The summed E-state index contributed by atoms with van der Waals surface area (Å²) < 4.78 is 4.78. The molecule has 2 heteroatoms. The monoisotopic (exact) mass is 232 g/mol. The van der Waals surface area contributed by atoms with Crippen molar-refractivity contribution in [3.05, 3.63) is 54.3 Å². The van der Waals surface area contributed by atoms with Gasteiger partial charge in [-0.15, -0.1) is 5.73 Å².